The van der Waals surface area contributed by atoms with Crippen molar-refractivity contribution in [1.29, 1.82) is 5.26 Å². The normalized spacial score (nSPS) is 10.7. The zero-order chi connectivity index (χ0) is 13.4. The fraction of sp³-hybridized carbons (Fsp3) is 0.364. The molecule has 1 aromatic carbocycles. The minimum absolute atomic E-state index is 0.0791. The summed E-state index contributed by atoms with van der Waals surface area (Å²) < 4.78 is 33.0. The van der Waals surface area contributed by atoms with E-state index in [0.717, 1.165) is 0 Å². The first-order valence-corrected chi connectivity index (χ1v) is 6.93. The van der Waals surface area contributed by atoms with E-state index in [1.54, 1.807) is 18.2 Å². The van der Waals surface area contributed by atoms with E-state index in [4.69, 9.17) is 10.00 Å². The van der Waals surface area contributed by atoms with Gasteiger partial charge in [-0.15, -0.1) is 0 Å². The molecule has 0 aliphatic rings. The van der Waals surface area contributed by atoms with E-state index >= 15 is 0 Å². The molecule has 18 heavy (non-hydrogen) atoms. The van der Waals surface area contributed by atoms with Crippen molar-refractivity contribution in [2.45, 2.75) is 13.3 Å². The lowest BCUT2D eigenvalue weighted by Gasteiger charge is -2.09. The molecule has 0 fully saturated rings. The first-order valence-electron chi connectivity index (χ1n) is 5.44. The molecule has 0 aromatic heterocycles. The molecule has 1 aromatic rings. The van der Waals surface area contributed by atoms with Crippen molar-refractivity contribution in [3.63, 3.8) is 0 Å². The fourth-order valence-corrected chi connectivity index (χ4v) is 2.17. The maximum atomic E-state index is 11.6. The Hall–Kier alpha value is -1.78. The maximum absolute atomic E-state index is 11.6. The number of nitrogens with one attached hydrogen (secondary N) is 2. The van der Waals surface area contributed by atoms with Crippen molar-refractivity contribution in [2.75, 3.05) is 17.9 Å². The number of nitriles is 1. The summed E-state index contributed by atoms with van der Waals surface area (Å²) in [5.74, 6) is 0.437. The van der Waals surface area contributed by atoms with Gasteiger partial charge in [0.15, 0.2) is 6.61 Å². The number of ether oxygens (including phenoxy) is 1. The van der Waals surface area contributed by atoms with E-state index in [1.807, 2.05) is 13.0 Å². The van der Waals surface area contributed by atoms with Crippen molar-refractivity contribution in [3.05, 3.63) is 24.3 Å². The molecule has 0 spiro atoms. The third-order valence-corrected chi connectivity index (χ3v) is 3.02. The monoisotopic (exact) mass is 269 g/mol. The Balaban J connectivity index is 2.70. The van der Waals surface area contributed by atoms with Crippen LogP contribution in [0.15, 0.2) is 24.3 Å². The summed E-state index contributed by atoms with van der Waals surface area (Å²) >= 11 is 0. The quantitative estimate of drug-likeness (QED) is 0.779. The standard InChI is InChI=1S/C11H15N3O3S/c1-2-7-13-18(15,16)14-10-4-3-5-11(9-10)17-8-6-12/h3-5,9,13-14H,2,7-8H2,1H3. The van der Waals surface area contributed by atoms with Gasteiger partial charge in [-0.2, -0.15) is 18.4 Å². The molecule has 0 saturated carbocycles. The molecule has 7 heteroatoms. The van der Waals surface area contributed by atoms with Gasteiger partial charge in [-0.3, -0.25) is 4.72 Å². The molecule has 0 radical (unpaired) electrons. The van der Waals surface area contributed by atoms with Gasteiger partial charge in [0.25, 0.3) is 10.2 Å². The van der Waals surface area contributed by atoms with Gasteiger partial charge < -0.3 is 4.74 Å². The van der Waals surface area contributed by atoms with Crippen LogP contribution in [0.2, 0.25) is 0 Å². The van der Waals surface area contributed by atoms with Crippen LogP contribution in [0.5, 0.6) is 5.75 Å². The van der Waals surface area contributed by atoms with E-state index in [-0.39, 0.29) is 6.61 Å². The highest BCUT2D eigenvalue weighted by atomic mass is 32.2. The van der Waals surface area contributed by atoms with Crippen molar-refractivity contribution in [3.8, 4) is 11.8 Å². The summed E-state index contributed by atoms with van der Waals surface area (Å²) in [5.41, 5.74) is 0.383. The maximum Gasteiger partial charge on any atom is 0.299 e. The lowest BCUT2D eigenvalue weighted by atomic mass is 10.3. The van der Waals surface area contributed by atoms with Gasteiger partial charge >= 0.3 is 0 Å². The van der Waals surface area contributed by atoms with Gasteiger partial charge in [-0.05, 0) is 18.6 Å². The molecule has 0 saturated heterocycles. The summed E-state index contributed by atoms with van der Waals surface area (Å²) in [7, 11) is -3.55. The second-order valence-electron chi connectivity index (χ2n) is 3.47. The van der Waals surface area contributed by atoms with Crippen LogP contribution in [0.1, 0.15) is 13.3 Å². The lowest BCUT2D eigenvalue weighted by molar-refractivity contribution is 0.368. The van der Waals surface area contributed by atoms with Crippen LogP contribution in [-0.4, -0.2) is 21.6 Å². The van der Waals surface area contributed by atoms with Crippen LogP contribution < -0.4 is 14.2 Å². The number of anilines is 1. The molecule has 0 unspecified atom stereocenters. The second kappa shape index (κ2) is 6.83. The topological polar surface area (TPSA) is 91.2 Å². The Kier molecular flexibility index (Phi) is 5.42. The molecule has 2 N–H and O–H groups in total. The molecule has 0 aliphatic carbocycles. The number of hydrogen-bond donors (Lipinski definition) is 2. The van der Waals surface area contributed by atoms with Crippen molar-refractivity contribution >= 4 is 15.9 Å². The van der Waals surface area contributed by atoms with E-state index in [0.29, 0.717) is 24.4 Å². The van der Waals surface area contributed by atoms with Gasteiger partial charge in [0.05, 0.1) is 5.69 Å². The second-order valence-corrected chi connectivity index (χ2v) is 4.97. The van der Waals surface area contributed by atoms with Crippen LogP contribution in [0, 0.1) is 11.3 Å². The summed E-state index contributed by atoms with van der Waals surface area (Å²) in [6, 6.07) is 8.25. The van der Waals surface area contributed by atoms with E-state index in [1.165, 1.54) is 6.07 Å². The minimum atomic E-state index is -3.55. The Morgan fingerprint density at radius 1 is 1.44 bits per heavy atom. The number of nitrogens with zero attached hydrogens (tertiary/aromatic N) is 1. The number of hydrogen-bond acceptors (Lipinski definition) is 4. The third kappa shape index (κ3) is 5.03. The predicted molar refractivity (Wildman–Crippen MR) is 68.4 cm³/mol. The Morgan fingerprint density at radius 3 is 2.89 bits per heavy atom. The number of rotatable bonds is 7. The highest BCUT2D eigenvalue weighted by molar-refractivity contribution is 7.90. The smallest absolute Gasteiger partial charge is 0.299 e. The highest BCUT2D eigenvalue weighted by Gasteiger charge is 2.08. The zero-order valence-electron chi connectivity index (χ0n) is 10.0. The Labute approximate surface area is 107 Å². The van der Waals surface area contributed by atoms with E-state index in [9.17, 15) is 8.42 Å². The third-order valence-electron chi connectivity index (χ3n) is 1.93. The van der Waals surface area contributed by atoms with Crippen LogP contribution in [0.4, 0.5) is 5.69 Å². The summed E-state index contributed by atoms with van der Waals surface area (Å²) in [4.78, 5) is 0. The fourth-order valence-electron chi connectivity index (χ4n) is 1.19. The van der Waals surface area contributed by atoms with Gasteiger partial charge in [-0.1, -0.05) is 13.0 Å². The Morgan fingerprint density at radius 2 is 2.22 bits per heavy atom. The SMILES string of the molecule is CCCNS(=O)(=O)Nc1cccc(OCC#N)c1. The van der Waals surface area contributed by atoms with Crippen molar-refractivity contribution in [2.24, 2.45) is 0 Å². The van der Waals surface area contributed by atoms with Gasteiger partial charge in [0.2, 0.25) is 0 Å². The van der Waals surface area contributed by atoms with Crippen LogP contribution >= 0.6 is 0 Å². The molecular formula is C11H15N3O3S. The molecule has 1 rings (SSSR count). The van der Waals surface area contributed by atoms with Gasteiger partial charge in [0.1, 0.15) is 11.8 Å². The molecule has 0 bridgehead atoms. The summed E-state index contributed by atoms with van der Waals surface area (Å²) in [6.45, 7) is 2.17. The average Bonchev–Trinajstić information content (AvgIpc) is 2.34. The molecule has 98 valence electrons. The van der Waals surface area contributed by atoms with Crippen molar-refractivity contribution < 1.29 is 13.2 Å². The molecule has 0 aliphatic heterocycles. The molecule has 0 atom stereocenters. The van der Waals surface area contributed by atoms with Crippen LogP contribution in [-0.2, 0) is 10.2 Å². The van der Waals surface area contributed by atoms with Crippen LogP contribution in [0.3, 0.4) is 0 Å². The van der Waals surface area contributed by atoms with Gasteiger partial charge in [0, 0.05) is 12.6 Å². The largest absolute Gasteiger partial charge is 0.479 e. The minimum Gasteiger partial charge on any atom is -0.479 e. The van der Waals surface area contributed by atoms with E-state index in [2.05, 4.69) is 9.44 Å². The summed E-state index contributed by atoms with van der Waals surface area (Å²) in [6.07, 6.45) is 0.715. The first-order chi connectivity index (χ1) is 8.57. The molecule has 6 nitrogen and oxygen atoms in total. The molecular weight excluding hydrogens is 254 g/mol. The average molecular weight is 269 g/mol. The molecule has 0 heterocycles. The number of benzene rings is 1. The Bertz CT molecular complexity index is 523. The lowest BCUT2D eigenvalue weighted by Crippen LogP contribution is -2.30. The van der Waals surface area contributed by atoms with E-state index < -0.39 is 10.2 Å². The first kappa shape index (κ1) is 14.3. The molecule has 0 amide bonds. The van der Waals surface area contributed by atoms with Crippen molar-refractivity contribution in [1.82, 2.24) is 4.72 Å². The van der Waals surface area contributed by atoms with Crippen LogP contribution in [0.25, 0.3) is 0 Å². The predicted octanol–water partition coefficient (Wildman–Crippen LogP) is 1.25. The van der Waals surface area contributed by atoms with Gasteiger partial charge in [-0.25, -0.2) is 0 Å². The summed E-state index contributed by atoms with van der Waals surface area (Å²) in [5, 5.41) is 8.38. The highest BCUT2D eigenvalue weighted by Crippen LogP contribution is 2.17. The zero-order valence-corrected chi connectivity index (χ0v) is 10.8.